The fourth-order valence-corrected chi connectivity index (χ4v) is 5.25. The van der Waals surface area contributed by atoms with Gasteiger partial charge in [0.25, 0.3) is 0 Å². The molecule has 1 aromatic heterocycles. The number of ether oxygens (including phenoxy) is 2. The van der Waals surface area contributed by atoms with Crippen molar-refractivity contribution in [3.63, 3.8) is 0 Å². The minimum Gasteiger partial charge on any atom is -0.494 e. The number of carbonyl (C=O) groups excluding carboxylic acids is 2. The number of benzene rings is 2. The van der Waals surface area contributed by atoms with Gasteiger partial charge in [0, 0.05) is 30.1 Å². The average molecular weight is 587 g/mol. The molecule has 2 N–H and O–H groups in total. The molecule has 0 unspecified atom stereocenters. The minimum atomic E-state index is -0.744. The Balaban J connectivity index is 1.29. The largest absolute Gasteiger partial charge is 0.494 e. The number of rotatable bonds is 13. The first-order valence-electron chi connectivity index (χ1n) is 15.6. The van der Waals surface area contributed by atoms with Crippen LogP contribution in [0.1, 0.15) is 78.2 Å². The van der Waals surface area contributed by atoms with Gasteiger partial charge in [-0.15, -0.1) is 0 Å². The zero-order valence-corrected chi connectivity index (χ0v) is 26.1. The second kappa shape index (κ2) is 15.1. The van der Waals surface area contributed by atoms with Crippen LogP contribution in [0.25, 0.3) is 22.5 Å². The number of nitrogens with zero attached hydrogens (tertiary/aromatic N) is 3. The highest BCUT2D eigenvalue weighted by Crippen LogP contribution is 2.25. The molecule has 0 bridgehead atoms. The molecule has 1 aliphatic rings. The zero-order chi connectivity index (χ0) is 30.8. The Labute approximate surface area is 256 Å². The molecule has 43 heavy (non-hydrogen) atoms. The van der Waals surface area contributed by atoms with Gasteiger partial charge in [0.05, 0.1) is 12.6 Å². The predicted octanol–water partition coefficient (Wildman–Crippen LogP) is 6.36. The van der Waals surface area contributed by atoms with Gasteiger partial charge in [-0.1, -0.05) is 69.0 Å². The quantitative estimate of drug-likeness (QED) is 0.183. The number of aromatic nitrogens is 2. The zero-order valence-electron chi connectivity index (χ0n) is 26.1. The van der Waals surface area contributed by atoms with E-state index in [1.165, 1.54) is 25.7 Å². The Morgan fingerprint density at radius 2 is 1.58 bits per heavy atom. The first-order valence-corrected chi connectivity index (χ1v) is 15.6. The van der Waals surface area contributed by atoms with E-state index in [2.05, 4.69) is 16.9 Å². The summed E-state index contributed by atoms with van der Waals surface area (Å²) in [4.78, 5) is 36.5. The summed E-state index contributed by atoms with van der Waals surface area (Å²) in [7, 11) is 0. The maximum absolute atomic E-state index is 13.1. The summed E-state index contributed by atoms with van der Waals surface area (Å²) in [5, 5.41) is 0. The molecule has 1 aliphatic heterocycles. The van der Waals surface area contributed by atoms with Crippen LogP contribution in [0, 0.1) is 0 Å². The van der Waals surface area contributed by atoms with E-state index in [-0.39, 0.29) is 11.9 Å². The lowest BCUT2D eigenvalue weighted by molar-refractivity contribution is -0.163. The Bertz CT molecular complexity index is 1320. The Morgan fingerprint density at radius 3 is 2.23 bits per heavy atom. The average Bonchev–Trinajstić information content (AvgIpc) is 3.49. The molecule has 1 saturated heterocycles. The summed E-state index contributed by atoms with van der Waals surface area (Å²) >= 11 is 0. The maximum atomic E-state index is 13.1. The van der Waals surface area contributed by atoms with E-state index in [1.807, 2.05) is 81.7 Å². The van der Waals surface area contributed by atoms with Crippen LogP contribution in [-0.2, 0) is 20.7 Å². The van der Waals surface area contributed by atoms with Crippen LogP contribution in [0.3, 0.4) is 0 Å². The number of nitrogens with two attached hydrogens (primary N) is 1. The Morgan fingerprint density at radius 1 is 0.930 bits per heavy atom. The molecule has 8 nitrogen and oxygen atoms in total. The van der Waals surface area contributed by atoms with Crippen molar-refractivity contribution in [2.45, 2.75) is 96.7 Å². The van der Waals surface area contributed by atoms with Gasteiger partial charge in [-0.05, 0) is 69.7 Å². The third kappa shape index (κ3) is 9.35. The molecular weight excluding hydrogens is 540 g/mol. The van der Waals surface area contributed by atoms with Gasteiger partial charge in [0.1, 0.15) is 17.4 Å². The van der Waals surface area contributed by atoms with Crippen LogP contribution >= 0.6 is 0 Å². The number of hydrogen-bond acceptors (Lipinski definition) is 7. The van der Waals surface area contributed by atoms with Crippen molar-refractivity contribution in [1.29, 1.82) is 0 Å². The lowest BCUT2D eigenvalue weighted by Gasteiger charge is -2.29. The van der Waals surface area contributed by atoms with Crippen molar-refractivity contribution in [2.24, 2.45) is 5.73 Å². The van der Waals surface area contributed by atoms with Gasteiger partial charge in [-0.25, -0.2) is 14.8 Å². The second-order valence-electron chi connectivity index (χ2n) is 12.3. The van der Waals surface area contributed by atoms with E-state index in [1.54, 1.807) is 4.90 Å². The smallest absolute Gasteiger partial charge is 0.329 e. The van der Waals surface area contributed by atoms with Crippen molar-refractivity contribution in [3.8, 4) is 28.3 Å². The maximum Gasteiger partial charge on any atom is 0.329 e. The van der Waals surface area contributed by atoms with Gasteiger partial charge < -0.3 is 20.1 Å². The number of amides is 1. The molecule has 4 rings (SSSR count). The second-order valence-corrected chi connectivity index (χ2v) is 12.3. The van der Waals surface area contributed by atoms with Crippen LogP contribution in [0.2, 0.25) is 0 Å². The van der Waals surface area contributed by atoms with Crippen LogP contribution in [0.4, 0.5) is 0 Å². The minimum absolute atomic E-state index is 0.224. The summed E-state index contributed by atoms with van der Waals surface area (Å²) in [5.74, 6) is 0.909. The molecule has 0 spiro atoms. The van der Waals surface area contributed by atoms with Gasteiger partial charge in [-0.3, -0.25) is 4.79 Å². The van der Waals surface area contributed by atoms with Crippen LogP contribution in [-0.4, -0.2) is 57.6 Å². The van der Waals surface area contributed by atoms with Crippen LogP contribution in [0.5, 0.6) is 5.75 Å². The van der Waals surface area contributed by atoms with Crippen molar-refractivity contribution in [1.82, 2.24) is 14.9 Å². The molecule has 0 radical (unpaired) electrons. The molecule has 2 heterocycles. The number of carbonyl (C=O) groups is 2. The number of likely N-dealkylation sites (tertiary alicyclic amines) is 1. The molecular formula is C35H46N4O4. The highest BCUT2D eigenvalue weighted by molar-refractivity contribution is 5.88. The molecule has 3 aromatic rings. The number of unbranched alkanes of at least 4 members (excludes halogenated alkanes) is 4. The van der Waals surface area contributed by atoms with Gasteiger partial charge in [0.15, 0.2) is 5.82 Å². The third-order valence-corrected chi connectivity index (χ3v) is 7.56. The first-order chi connectivity index (χ1) is 20.6. The third-order valence-electron chi connectivity index (χ3n) is 7.56. The molecule has 1 amide bonds. The summed E-state index contributed by atoms with van der Waals surface area (Å²) in [5.41, 5.74) is 9.49. The molecule has 8 heteroatoms. The first kappa shape index (κ1) is 32.1. The van der Waals surface area contributed by atoms with E-state index in [4.69, 9.17) is 15.2 Å². The lowest BCUT2D eigenvalue weighted by Crippen LogP contribution is -2.50. The van der Waals surface area contributed by atoms with Crippen LogP contribution in [0.15, 0.2) is 60.9 Å². The fourth-order valence-electron chi connectivity index (χ4n) is 5.25. The van der Waals surface area contributed by atoms with E-state index in [9.17, 15) is 9.59 Å². The topological polar surface area (TPSA) is 108 Å². The molecule has 0 saturated carbocycles. The standard InChI is InChI=1S/C35H46N4O4/c1-5-6-7-8-9-21-42-29-18-16-26(17-19-29)28-23-37-32(38-24-28)27-14-12-25(13-15-27)22-30(36)33(40)39-20-10-11-31(39)34(41)43-35(2,3)4/h12-19,23-24,30-31H,5-11,20-22,36H2,1-4H3/t30-,31-/m0/s1. The summed E-state index contributed by atoms with van der Waals surface area (Å²) < 4.78 is 11.4. The monoisotopic (exact) mass is 586 g/mol. The van der Waals surface area contributed by atoms with E-state index >= 15 is 0 Å². The van der Waals surface area contributed by atoms with E-state index < -0.39 is 17.7 Å². The summed E-state index contributed by atoms with van der Waals surface area (Å²) in [6.45, 7) is 8.96. The lowest BCUT2D eigenvalue weighted by atomic mass is 10.0. The molecule has 2 aromatic carbocycles. The van der Waals surface area contributed by atoms with Gasteiger partial charge in [0.2, 0.25) is 5.91 Å². The molecule has 2 atom stereocenters. The highest BCUT2D eigenvalue weighted by Gasteiger charge is 2.38. The van der Waals surface area contributed by atoms with Gasteiger partial charge in [-0.2, -0.15) is 0 Å². The Kier molecular flexibility index (Phi) is 11.3. The summed E-state index contributed by atoms with van der Waals surface area (Å²) in [6.07, 6.45) is 11.5. The number of esters is 1. The SMILES string of the molecule is CCCCCCCOc1ccc(-c2cnc(-c3ccc(C[C@H](N)C(=O)N4CCC[C@H]4C(=O)OC(C)(C)C)cc3)nc2)cc1. The number of hydrogen-bond donors (Lipinski definition) is 1. The molecule has 1 fully saturated rings. The van der Waals surface area contributed by atoms with Crippen molar-refractivity contribution >= 4 is 11.9 Å². The fraction of sp³-hybridized carbons (Fsp3) is 0.486. The highest BCUT2D eigenvalue weighted by atomic mass is 16.6. The van der Waals surface area contributed by atoms with Crippen molar-refractivity contribution < 1.29 is 19.1 Å². The normalized spacial score (nSPS) is 15.7. The van der Waals surface area contributed by atoms with E-state index in [0.717, 1.165) is 47.5 Å². The Hall–Kier alpha value is -3.78. The van der Waals surface area contributed by atoms with Crippen molar-refractivity contribution in [2.75, 3.05) is 13.2 Å². The van der Waals surface area contributed by atoms with Crippen LogP contribution < -0.4 is 10.5 Å². The van der Waals surface area contributed by atoms with Gasteiger partial charge >= 0.3 is 5.97 Å². The molecule has 0 aliphatic carbocycles. The van der Waals surface area contributed by atoms with Crippen molar-refractivity contribution in [3.05, 3.63) is 66.5 Å². The molecule has 230 valence electrons. The predicted molar refractivity (Wildman–Crippen MR) is 169 cm³/mol. The summed E-state index contributed by atoms with van der Waals surface area (Å²) in [6, 6.07) is 14.5. The van der Waals surface area contributed by atoms with E-state index in [0.29, 0.717) is 25.2 Å².